The first kappa shape index (κ1) is 24.6. The highest BCUT2D eigenvalue weighted by Crippen LogP contribution is 2.43. The quantitative estimate of drug-likeness (QED) is 0.317. The van der Waals surface area contributed by atoms with Crippen molar-refractivity contribution in [1.82, 2.24) is 0 Å². The molecule has 0 unspecified atom stereocenters. The molecule has 2 aromatic rings. The highest BCUT2D eigenvalue weighted by Gasteiger charge is 2.33. The Hall–Kier alpha value is -3.99. The topological polar surface area (TPSA) is 130 Å². The Kier molecular flexibility index (Phi) is 7.79. The van der Waals surface area contributed by atoms with Gasteiger partial charge in [0.25, 0.3) is 5.69 Å². The van der Waals surface area contributed by atoms with Gasteiger partial charge in [-0.05, 0) is 42.8 Å². The molecule has 2 aromatic carbocycles. The molecule has 0 saturated carbocycles. The number of hydrogen-bond donors (Lipinski definition) is 1. The molecule has 0 radical (unpaired) electrons. The zero-order valence-corrected chi connectivity index (χ0v) is 19.7. The van der Waals surface area contributed by atoms with E-state index in [0.29, 0.717) is 33.4 Å². The molecule has 1 heterocycles. The van der Waals surface area contributed by atoms with E-state index in [1.165, 1.54) is 45.6 Å². The molecule has 34 heavy (non-hydrogen) atoms. The Bertz CT molecular complexity index is 1180. The van der Waals surface area contributed by atoms with Crippen LogP contribution in [0.4, 0.5) is 11.4 Å². The third-order valence-corrected chi connectivity index (χ3v) is 5.67. The molecular formula is C23H22N2O8S. The fraction of sp³-hybridized carbons (Fsp3) is 0.217. The highest BCUT2D eigenvalue weighted by molar-refractivity contribution is 8.18. The Morgan fingerprint density at radius 2 is 1.74 bits per heavy atom. The van der Waals surface area contributed by atoms with Crippen LogP contribution in [0.1, 0.15) is 12.5 Å². The van der Waals surface area contributed by atoms with Crippen molar-refractivity contribution in [1.29, 1.82) is 0 Å². The molecule has 0 saturated heterocycles. The van der Waals surface area contributed by atoms with Gasteiger partial charge in [-0.25, -0.2) is 9.79 Å². The average Bonchev–Trinajstić information content (AvgIpc) is 3.13. The number of ether oxygens (including phenoxy) is 4. The smallest absolute Gasteiger partial charge is 0.344 e. The fourth-order valence-corrected chi connectivity index (χ4v) is 4.13. The van der Waals surface area contributed by atoms with Crippen molar-refractivity contribution < 1.29 is 33.8 Å². The van der Waals surface area contributed by atoms with Gasteiger partial charge < -0.3 is 24.1 Å². The van der Waals surface area contributed by atoms with Gasteiger partial charge in [0.1, 0.15) is 16.4 Å². The number of thioether (sulfide) groups is 1. The molecule has 1 aliphatic rings. The number of esters is 1. The predicted octanol–water partition coefficient (Wildman–Crippen LogP) is 4.81. The number of methoxy groups -OCH3 is 3. The van der Waals surface area contributed by atoms with Crippen LogP contribution in [0.5, 0.6) is 17.2 Å². The number of rotatable bonds is 8. The average molecular weight is 487 g/mol. The van der Waals surface area contributed by atoms with Crippen molar-refractivity contribution >= 4 is 40.2 Å². The number of aliphatic hydroxyl groups excluding tert-OH is 1. The monoisotopic (exact) mass is 486 g/mol. The normalized spacial score (nSPS) is 15.5. The number of aliphatic hydroxyl groups is 1. The first-order chi connectivity index (χ1) is 16.3. The summed E-state index contributed by atoms with van der Waals surface area (Å²) in [6.45, 7) is 1.76. The van der Waals surface area contributed by atoms with E-state index in [9.17, 15) is 20.0 Å². The maximum Gasteiger partial charge on any atom is 0.344 e. The van der Waals surface area contributed by atoms with Gasteiger partial charge >= 0.3 is 5.97 Å². The minimum Gasteiger partial charge on any atom is -0.506 e. The van der Waals surface area contributed by atoms with Gasteiger partial charge in [0.15, 0.2) is 11.5 Å². The van der Waals surface area contributed by atoms with Crippen LogP contribution in [0.3, 0.4) is 0 Å². The lowest BCUT2D eigenvalue weighted by atomic mass is 10.1. The van der Waals surface area contributed by atoms with Crippen LogP contribution in [-0.2, 0) is 9.53 Å². The number of non-ortho nitro benzene ring substituents is 1. The zero-order chi connectivity index (χ0) is 24.8. The lowest BCUT2D eigenvalue weighted by Crippen LogP contribution is -2.12. The number of nitrogens with zero attached hydrogens (tertiary/aromatic N) is 2. The zero-order valence-electron chi connectivity index (χ0n) is 18.9. The van der Waals surface area contributed by atoms with Crippen molar-refractivity contribution in [3.05, 3.63) is 68.3 Å². The molecule has 0 atom stereocenters. The van der Waals surface area contributed by atoms with Crippen molar-refractivity contribution in [3.8, 4) is 17.2 Å². The first-order valence-electron chi connectivity index (χ1n) is 9.96. The molecule has 0 aliphatic carbocycles. The SMILES string of the molecule is CCOC(=O)C1=C(O)C(=Cc2cc(OC)c(OC)c(OC)c2)SC1=Nc1ccc([N+](=O)[O-])cc1. The van der Waals surface area contributed by atoms with E-state index in [1.807, 2.05) is 0 Å². The number of carbonyl (C=O) groups is 1. The maximum absolute atomic E-state index is 12.6. The fourth-order valence-electron chi connectivity index (χ4n) is 3.09. The number of hydrogen-bond acceptors (Lipinski definition) is 10. The molecule has 10 nitrogen and oxygen atoms in total. The van der Waals surface area contributed by atoms with Gasteiger partial charge in [-0.1, -0.05) is 11.8 Å². The largest absolute Gasteiger partial charge is 0.506 e. The van der Waals surface area contributed by atoms with Gasteiger partial charge in [0.05, 0.1) is 43.5 Å². The Balaban J connectivity index is 2.07. The summed E-state index contributed by atoms with van der Waals surface area (Å²) in [6, 6.07) is 8.90. The van der Waals surface area contributed by atoms with Gasteiger partial charge in [-0.2, -0.15) is 0 Å². The highest BCUT2D eigenvalue weighted by atomic mass is 32.2. The van der Waals surface area contributed by atoms with Crippen LogP contribution < -0.4 is 14.2 Å². The van der Waals surface area contributed by atoms with Crippen LogP contribution in [0, 0.1) is 10.1 Å². The predicted molar refractivity (Wildman–Crippen MR) is 128 cm³/mol. The third kappa shape index (κ3) is 5.15. The van der Waals surface area contributed by atoms with E-state index in [-0.39, 0.29) is 28.7 Å². The Morgan fingerprint density at radius 1 is 1.12 bits per heavy atom. The van der Waals surface area contributed by atoms with E-state index in [0.717, 1.165) is 11.8 Å². The lowest BCUT2D eigenvalue weighted by molar-refractivity contribution is -0.384. The van der Waals surface area contributed by atoms with Crippen molar-refractivity contribution in [2.45, 2.75) is 6.92 Å². The lowest BCUT2D eigenvalue weighted by Gasteiger charge is -2.13. The third-order valence-electron chi connectivity index (χ3n) is 4.65. The summed E-state index contributed by atoms with van der Waals surface area (Å²) in [5.41, 5.74) is 0.805. The minimum atomic E-state index is -0.735. The summed E-state index contributed by atoms with van der Waals surface area (Å²) in [6.07, 6.45) is 1.64. The molecule has 0 fully saturated rings. The molecular weight excluding hydrogens is 464 g/mol. The van der Waals surface area contributed by atoms with Crippen LogP contribution in [0.25, 0.3) is 6.08 Å². The van der Waals surface area contributed by atoms with Gasteiger partial charge in [0, 0.05) is 12.1 Å². The second-order valence-electron chi connectivity index (χ2n) is 6.70. The van der Waals surface area contributed by atoms with E-state index >= 15 is 0 Å². The Morgan fingerprint density at radius 3 is 2.24 bits per heavy atom. The van der Waals surface area contributed by atoms with Crippen molar-refractivity contribution in [3.63, 3.8) is 0 Å². The number of aliphatic imine (C=N–C) groups is 1. The molecule has 1 N–H and O–H groups in total. The number of nitro groups is 1. The molecule has 11 heteroatoms. The van der Waals surface area contributed by atoms with Gasteiger partial charge in [-0.3, -0.25) is 10.1 Å². The summed E-state index contributed by atoms with van der Waals surface area (Å²) in [4.78, 5) is 27.7. The summed E-state index contributed by atoms with van der Waals surface area (Å²) < 4.78 is 21.2. The standard InChI is InChI=1S/C23H22N2O8S/c1-5-33-23(27)19-20(26)18(12-13-10-16(30-2)21(32-4)17(11-13)31-3)34-22(19)24-14-6-8-15(9-7-14)25(28)29/h6-12,26H,5H2,1-4H3. The molecule has 1 aliphatic heterocycles. The maximum atomic E-state index is 12.6. The molecule has 0 bridgehead atoms. The van der Waals surface area contributed by atoms with Gasteiger partial charge in [-0.15, -0.1) is 0 Å². The molecule has 3 rings (SSSR count). The van der Waals surface area contributed by atoms with Gasteiger partial charge in [0.2, 0.25) is 5.75 Å². The Labute approximate surface area is 199 Å². The van der Waals surface area contributed by atoms with E-state index in [4.69, 9.17) is 18.9 Å². The van der Waals surface area contributed by atoms with Crippen LogP contribution in [0.15, 0.2) is 57.6 Å². The van der Waals surface area contributed by atoms with E-state index in [1.54, 1.807) is 25.1 Å². The summed E-state index contributed by atoms with van der Waals surface area (Å²) in [5, 5.41) is 21.9. The first-order valence-corrected chi connectivity index (χ1v) is 10.8. The molecule has 178 valence electrons. The second-order valence-corrected chi connectivity index (χ2v) is 7.73. The number of nitro benzene ring substituents is 1. The van der Waals surface area contributed by atoms with Crippen molar-refractivity contribution in [2.75, 3.05) is 27.9 Å². The summed E-state index contributed by atoms with van der Waals surface area (Å²) in [7, 11) is 4.47. The number of carbonyl (C=O) groups excluding carboxylic acids is 1. The van der Waals surface area contributed by atoms with Crippen LogP contribution >= 0.6 is 11.8 Å². The number of benzene rings is 2. The molecule has 0 spiro atoms. The molecule has 0 amide bonds. The van der Waals surface area contributed by atoms with Crippen LogP contribution in [0.2, 0.25) is 0 Å². The second kappa shape index (κ2) is 10.8. The molecule has 0 aromatic heterocycles. The minimum absolute atomic E-state index is 0.0879. The summed E-state index contributed by atoms with van der Waals surface area (Å²) in [5.74, 6) is 0.231. The van der Waals surface area contributed by atoms with Crippen molar-refractivity contribution in [2.24, 2.45) is 4.99 Å². The van der Waals surface area contributed by atoms with E-state index < -0.39 is 10.9 Å². The summed E-state index contributed by atoms with van der Waals surface area (Å²) >= 11 is 1.06. The van der Waals surface area contributed by atoms with Crippen LogP contribution in [-0.4, -0.2) is 49.0 Å². The van der Waals surface area contributed by atoms with E-state index in [2.05, 4.69) is 4.99 Å².